The van der Waals surface area contributed by atoms with E-state index in [1.165, 1.54) is 5.56 Å². The number of rotatable bonds is 5. The van der Waals surface area contributed by atoms with Gasteiger partial charge in [-0.15, -0.1) is 0 Å². The summed E-state index contributed by atoms with van der Waals surface area (Å²) >= 11 is 0. The molecule has 0 saturated heterocycles. The summed E-state index contributed by atoms with van der Waals surface area (Å²) in [5.41, 5.74) is 2.01. The first-order valence-corrected chi connectivity index (χ1v) is 8.13. The molecule has 1 amide bonds. The zero-order valence-electron chi connectivity index (χ0n) is 13.1. The Morgan fingerprint density at radius 3 is 2.13 bits per heavy atom. The molecule has 0 aliphatic heterocycles. The quantitative estimate of drug-likeness (QED) is 0.832. The number of carbonyl (C=O) groups excluding carboxylic acids is 1. The lowest BCUT2D eigenvalue weighted by atomic mass is 9.98. The Morgan fingerprint density at radius 2 is 1.48 bits per heavy atom. The van der Waals surface area contributed by atoms with Gasteiger partial charge in [-0.3, -0.25) is 4.79 Å². The zero-order chi connectivity index (χ0) is 15.9. The average Bonchev–Trinajstić information content (AvgIpc) is 2.63. The van der Waals surface area contributed by atoms with Crippen LogP contribution in [0.1, 0.15) is 28.8 Å². The Hall–Kier alpha value is -2.39. The highest BCUT2D eigenvalue weighted by atomic mass is 16.1. The van der Waals surface area contributed by atoms with Crippen molar-refractivity contribution in [3.8, 4) is 0 Å². The number of hydrogen-bond acceptors (Lipinski definition) is 2. The van der Waals surface area contributed by atoms with Gasteiger partial charge in [0, 0.05) is 24.2 Å². The summed E-state index contributed by atoms with van der Waals surface area (Å²) in [7, 11) is 0. The van der Waals surface area contributed by atoms with E-state index < -0.39 is 0 Å². The van der Waals surface area contributed by atoms with Crippen molar-refractivity contribution < 1.29 is 4.79 Å². The van der Waals surface area contributed by atoms with Gasteiger partial charge in [-0.2, -0.15) is 0 Å². The van der Waals surface area contributed by atoms with Crippen molar-refractivity contribution in [3.05, 3.63) is 83.9 Å². The van der Waals surface area contributed by atoms with E-state index in [4.69, 9.17) is 0 Å². The first-order chi connectivity index (χ1) is 11.3. The monoisotopic (exact) mass is 306 g/mol. The molecule has 0 aromatic heterocycles. The molecule has 3 heteroatoms. The second kappa shape index (κ2) is 7.75. The van der Waals surface area contributed by atoms with E-state index in [0.717, 1.165) is 19.4 Å². The van der Waals surface area contributed by atoms with Gasteiger partial charge in [0.25, 0.3) is 5.91 Å². The molecule has 0 fully saturated rings. The minimum Gasteiger partial charge on any atom is -0.346 e. The summed E-state index contributed by atoms with van der Waals surface area (Å²) in [5, 5.41) is 6.62. The SMILES string of the molecule is O=C(N[C@@H]1C=C[C@H](NCc2ccccc2)CC1)c1ccccc1. The summed E-state index contributed by atoms with van der Waals surface area (Å²) in [6.45, 7) is 0.872. The fraction of sp³-hybridized carbons (Fsp3) is 0.250. The number of hydrogen-bond donors (Lipinski definition) is 2. The van der Waals surface area contributed by atoms with Gasteiger partial charge in [0.2, 0.25) is 0 Å². The third-order valence-corrected chi connectivity index (χ3v) is 4.13. The van der Waals surface area contributed by atoms with Crippen LogP contribution in [0.5, 0.6) is 0 Å². The average molecular weight is 306 g/mol. The molecule has 1 aliphatic carbocycles. The first kappa shape index (κ1) is 15.5. The topological polar surface area (TPSA) is 41.1 Å². The minimum atomic E-state index is -0.00375. The van der Waals surface area contributed by atoms with Crippen molar-refractivity contribution in [2.45, 2.75) is 31.5 Å². The van der Waals surface area contributed by atoms with Crippen molar-refractivity contribution >= 4 is 5.91 Å². The van der Waals surface area contributed by atoms with E-state index in [-0.39, 0.29) is 11.9 Å². The molecule has 118 valence electrons. The Bertz CT molecular complexity index is 652. The van der Waals surface area contributed by atoms with Crippen LogP contribution in [0.15, 0.2) is 72.8 Å². The van der Waals surface area contributed by atoms with E-state index >= 15 is 0 Å². The molecule has 2 N–H and O–H groups in total. The largest absolute Gasteiger partial charge is 0.346 e. The number of carbonyl (C=O) groups is 1. The van der Waals surface area contributed by atoms with Gasteiger partial charge < -0.3 is 10.6 Å². The van der Waals surface area contributed by atoms with Crippen molar-refractivity contribution in [2.24, 2.45) is 0 Å². The highest BCUT2D eigenvalue weighted by Crippen LogP contribution is 2.13. The summed E-state index contributed by atoms with van der Waals surface area (Å²) in [5.74, 6) is -0.00375. The Morgan fingerprint density at radius 1 is 0.870 bits per heavy atom. The van der Waals surface area contributed by atoms with E-state index in [1.54, 1.807) is 0 Å². The zero-order valence-corrected chi connectivity index (χ0v) is 13.1. The minimum absolute atomic E-state index is 0.00375. The number of benzene rings is 2. The molecule has 0 bridgehead atoms. The molecule has 23 heavy (non-hydrogen) atoms. The van der Waals surface area contributed by atoms with Crippen LogP contribution in [0.4, 0.5) is 0 Å². The molecule has 0 radical (unpaired) electrons. The van der Waals surface area contributed by atoms with E-state index in [0.29, 0.717) is 11.6 Å². The van der Waals surface area contributed by atoms with Gasteiger partial charge in [-0.1, -0.05) is 60.7 Å². The Kier molecular flexibility index (Phi) is 5.22. The van der Waals surface area contributed by atoms with Crippen molar-refractivity contribution in [1.29, 1.82) is 0 Å². The molecule has 2 aromatic rings. The highest BCUT2D eigenvalue weighted by molar-refractivity contribution is 5.94. The van der Waals surface area contributed by atoms with Gasteiger partial charge in [0.15, 0.2) is 0 Å². The van der Waals surface area contributed by atoms with Gasteiger partial charge in [-0.25, -0.2) is 0 Å². The molecule has 2 atom stereocenters. The Labute approximate surface area is 137 Å². The van der Waals surface area contributed by atoms with Gasteiger partial charge >= 0.3 is 0 Å². The summed E-state index contributed by atoms with van der Waals surface area (Å²) in [4.78, 5) is 12.1. The predicted molar refractivity (Wildman–Crippen MR) is 93.1 cm³/mol. The molecule has 3 rings (SSSR count). The molecule has 1 aliphatic rings. The van der Waals surface area contributed by atoms with Crippen LogP contribution in [-0.2, 0) is 6.54 Å². The van der Waals surface area contributed by atoms with Crippen LogP contribution < -0.4 is 10.6 Å². The Balaban J connectivity index is 1.47. The maximum absolute atomic E-state index is 12.1. The van der Waals surface area contributed by atoms with Crippen LogP contribution in [0, 0.1) is 0 Å². The second-order valence-electron chi connectivity index (χ2n) is 5.88. The fourth-order valence-corrected chi connectivity index (χ4v) is 2.80. The van der Waals surface area contributed by atoms with Crippen molar-refractivity contribution in [1.82, 2.24) is 10.6 Å². The molecule has 0 spiro atoms. The summed E-state index contributed by atoms with van der Waals surface area (Å²) in [6, 6.07) is 20.3. The maximum Gasteiger partial charge on any atom is 0.251 e. The number of amides is 1. The normalized spacial score (nSPS) is 20.2. The lowest BCUT2D eigenvalue weighted by Crippen LogP contribution is -2.38. The van der Waals surface area contributed by atoms with Crippen molar-refractivity contribution in [2.75, 3.05) is 0 Å². The maximum atomic E-state index is 12.1. The lowest BCUT2D eigenvalue weighted by molar-refractivity contribution is 0.0941. The van der Waals surface area contributed by atoms with Gasteiger partial charge in [0.05, 0.1) is 0 Å². The molecule has 3 nitrogen and oxygen atoms in total. The van der Waals surface area contributed by atoms with Crippen LogP contribution in [0.25, 0.3) is 0 Å². The standard InChI is InChI=1S/C20H22N2O/c23-20(17-9-5-2-6-10-17)22-19-13-11-18(12-14-19)21-15-16-7-3-1-4-8-16/h1-11,13,18-19,21H,12,14-15H2,(H,22,23)/t18-,19+/m0/s1. The summed E-state index contributed by atoms with van der Waals surface area (Å²) in [6.07, 6.45) is 6.26. The van der Waals surface area contributed by atoms with E-state index in [2.05, 4.69) is 47.1 Å². The third-order valence-electron chi connectivity index (χ3n) is 4.13. The summed E-state index contributed by atoms with van der Waals surface area (Å²) < 4.78 is 0. The lowest BCUT2D eigenvalue weighted by Gasteiger charge is -2.24. The third kappa shape index (κ3) is 4.54. The fourth-order valence-electron chi connectivity index (χ4n) is 2.80. The molecule has 2 aromatic carbocycles. The molecule has 0 heterocycles. The molecule has 0 unspecified atom stereocenters. The van der Waals surface area contributed by atoms with E-state index in [9.17, 15) is 4.79 Å². The van der Waals surface area contributed by atoms with Crippen molar-refractivity contribution in [3.63, 3.8) is 0 Å². The highest BCUT2D eigenvalue weighted by Gasteiger charge is 2.17. The molecular formula is C20H22N2O. The predicted octanol–water partition coefficient (Wildman–Crippen LogP) is 3.29. The number of nitrogens with one attached hydrogen (secondary N) is 2. The van der Waals surface area contributed by atoms with Gasteiger partial charge in [-0.05, 0) is 30.5 Å². The smallest absolute Gasteiger partial charge is 0.251 e. The van der Waals surface area contributed by atoms with Crippen LogP contribution in [0.2, 0.25) is 0 Å². The van der Waals surface area contributed by atoms with Crippen LogP contribution >= 0.6 is 0 Å². The first-order valence-electron chi connectivity index (χ1n) is 8.13. The second-order valence-corrected chi connectivity index (χ2v) is 5.88. The molecule has 0 saturated carbocycles. The van der Waals surface area contributed by atoms with Crippen LogP contribution in [-0.4, -0.2) is 18.0 Å². The van der Waals surface area contributed by atoms with Crippen LogP contribution in [0.3, 0.4) is 0 Å². The van der Waals surface area contributed by atoms with E-state index in [1.807, 2.05) is 36.4 Å². The van der Waals surface area contributed by atoms with Gasteiger partial charge in [0.1, 0.15) is 0 Å². The molecular weight excluding hydrogens is 284 g/mol.